The number of carboxylic acid groups (broad SMARTS) is 1. The molecule has 0 aliphatic rings. The van der Waals surface area contributed by atoms with Crippen LogP contribution < -0.4 is 10.5 Å². The van der Waals surface area contributed by atoms with Crippen LogP contribution in [0.3, 0.4) is 0 Å². The summed E-state index contributed by atoms with van der Waals surface area (Å²) < 4.78 is 5.60. The normalized spacial score (nSPS) is 11.8. The highest BCUT2D eigenvalue weighted by Crippen LogP contribution is 2.20. The first-order valence-electron chi connectivity index (χ1n) is 5.80. The number of benzene rings is 1. The summed E-state index contributed by atoms with van der Waals surface area (Å²) >= 11 is 0. The third kappa shape index (κ3) is 3.79. The smallest absolute Gasteiger partial charge is 0.320 e. The first-order chi connectivity index (χ1) is 9.15. The van der Waals surface area contributed by atoms with Gasteiger partial charge in [-0.1, -0.05) is 12.1 Å². The molecule has 19 heavy (non-hydrogen) atoms. The molecule has 1 atom stereocenters. The molecule has 3 N–H and O–H groups in total. The van der Waals surface area contributed by atoms with Crippen LogP contribution in [-0.2, 0) is 11.2 Å². The predicted molar refractivity (Wildman–Crippen MR) is 70.1 cm³/mol. The molecule has 0 saturated heterocycles. The highest BCUT2D eigenvalue weighted by atomic mass is 16.5. The van der Waals surface area contributed by atoms with E-state index in [9.17, 15) is 4.79 Å². The number of hydrogen-bond acceptors (Lipinski definition) is 4. The van der Waals surface area contributed by atoms with Gasteiger partial charge in [0.05, 0.1) is 0 Å². The van der Waals surface area contributed by atoms with Crippen molar-refractivity contribution in [3.05, 3.63) is 54.4 Å². The van der Waals surface area contributed by atoms with Gasteiger partial charge >= 0.3 is 5.97 Å². The molecule has 0 bridgehead atoms. The van der Waals surface area contributed by atoms with Gasteiger partial charge in [-0.25, -0.2) is 0 Å². The number of nitrogens with zero attached hydrogens (tertiary/aromatic N) is 1. The fraction of sp³-hybridized carbons (Fsp3) is 0.143. The topological polar surface area (TPSA) is 85.4 Å². The molecule has 5 heteroatoms. The van der Waals surface area contributed by atoms with Crippen molar-refractivity contribution in [2.75, 3.05) is 0 Å². The number of aliphatic carboxylic acids is 1. The number of pyridine rings is 1. The third-order valence-corrected chi connectivity index (χ3v) is 2.58. The van der Waals surface area contributed by atoms with E-state index in [-0.39, 0.29) is 0 Å². The summed E-state index contributed by atoms with van der Waals surface area (Å²) in [7, 11) is 0. The molecule has 1 heterocycles. The molecule has 98 valence electrons. The van der Waals surface area contributed by atoms with Gasteiger partial charge in [0.1, 0.15) is 17.5 Å². The van der Waals surface area contributed by atoms with Crippen molar-refractivity contribution >= 4 is 5.97 Å². The van der Waals surface area contributed by atoms with Crippen LogP contribution in [0.15, 0.2) is 48.8 Å². The van der Waals surface area contributed by atoms with E-state index in [1.165, 1.54) is 0 Å². The van der Waals surface area contributed by atoms with Gasteiger partial charge in [0, 0.05) is 12.4 Å². The van der Waals surface area contributed by atoms with Crippen molar-refractivity contribution in [2.45, 2.75) is 12.5 Å². The van der Waals surface area contributed by atoms with E-state index in [0.29, 0.717) is 17.9 Å². The molecule has 0 aliphatic carbocycles. The Morgan fingerprint density at radius 1 is 1.16 bits per heavy atom. The Morgan fingerprint density at radius 2 is 1.74 bits per heavy atom. The van der Waals surface area contributed by atoms with Crippen molar-refractivity contribution in [3.8, 4) is 11.5 Å². The summed E-state index contributed by atoms with van der Waals surface area (Å²) in [6.07, 6.45) is 3.59. The summed E-state index contributed by atoms with van der Waals surface area (Å²) in [6, 6.07) is 9.81. The second-order valence-electron chi connectivity index (χ2n) is 4.08. The predicted octanol–water partition coefficient (Wildman–Crippen LogP) is 1.83. The maximum atomic E-state index is 10.7. The molecule has 0 aliphatic heterocycles. The Labute approximate surface area is 110 Å². The zero-order chi connectivity index (χ0) is 13.7. The Kier molecular flexibility index (Phi) is 4.10. The van der Waals surface area contributed by atoms with Crippen molar-refractivity contribution in [3.63, 3.8) is 0 Å². The Morgan fingerprint density at radius 3 is 2.32 bits per heavy atom. The third-order valence-electron chi connectivity index (χ3n) is 2.58. The van der Waals surface area contributed by atoms with E-state index in [4.69, 9.17) is 15.6 Å². The van der Waals surface area contributed by atoms with Crippen molar-refractivity contribution in [2.24, 2.45) is 5.73 Å². The lowest BCUT2D eigenvalue weighted by atomic mass is 10.1. The zero-order valence-corrected chi connectivity index (χ0v) is 10.2. The van der Waals surface area contributed by atoms with Crippen LogP contribution in [0.4, 0.5) is 0 Å². The van der Waals surface area contributed by atoms with E-state index >= 15 is 0 Å². The van der Waals surface area contributed by atoms with Gasteiger partial charge in [0.25, 0.3) is 0 Å². The lowest BCUT2D eigenvalue weighted by Gasteiger charge is -2.08. The van der Waals surface area contributed by atoms with Gasteiger partial charge in [0.15, 0.2) is 0 Å². The summed E-state index contributed by atoms with van der Waals surface area (Å²) in [5.41, 5.74) is 6.33. The van der Waals surface area contributed by atoms with Gasteiger partial charge in [0.2, 0.25) is 0 Å². The second kappa shape index (κ2) is 5.97. The lowest BCUT2D eigenvalue weighted by molar-refractivity contribution is -0.138. The quantitative estimate of drug-likeness (QED) is 0.854. The first-order valence-corrected chi connectivity index (χ1v) is 5.80. The van der Waals surface area contributed by atoms with Crippen LogP contribution in [0.1, 0.15) is 5.56 Å². The van der Waals surface area contributed by atoms with Crippen LogP contribution in [0, 0.1) is 0 Å². The maximum absolute atomic E-state index is 10.7. The lowest BCUT2D eigenvalue weighted by Crippen LogP contribution is -2.32. The summed E-state index contributed by atoms with van der Waals surface area (Å²) in [5.74, 6) is 0.376. The monoisotopic (exact) mass is 258 g/mol. The second-order valence-corrected chi connectivity index (χ2v) is 4.08. The molecule has 0 fully saturated rings. The molecule has 1 unspecified atom stereocenters. The van der Waals surface area contributed by atoms with Crippen LogP contribution in [0.2, 0.25) is 0 Å². The minimum atomic E-state index is -1.00. The van der Waals surface area contributed by atoms with E-state index < -0.39 is 12.0 Å². The number of ether oxygens (including phenoxy) is 1. The van der Waals surface area contributed by atoms with Crippen LogP contribution in [0.25, 0.3) is 0 Å². The maximum Gasteiger partial charge on any atom is 0.320 e. The molecular weight excluding hydrogens is 244 g/mol. The molecule has 5 nitrogen and oxygen atoms in total. The summed E-state index contributed by atoms with van der Waals surface area (Å²) in [5, 5.41) is 8.74. The molecule has 1 aromatic carbocycles. The molecule has 1 aromatic heterocycles. The number of carbonyl (C=O) groups is 1. The van der Waals surface area contributed by atoms with Crippen molar-refractivity contribution in [1.82, 2.24) is 4.98 Å². The fourth-order valence-electron chi connectivity index (χ4n) is 1.58. The van der Waals surface area contributed by atoms with E-state index in [0.717, 1.165) is 5.56 Å². The average Bonchev–Trinajstić information content (AvgIpc) is 2.42. The summed E-state index contributed by atoms with van der Waals surface area (Å²) in [6.45, 7) is 0. The number of rotatable bonds is 5. The molecule has 2 rings (SSSR count). The van der Waals surface area contributed by atoms with Gasteiger partial charge in [-0.05, 0) is 36.2 Å². The average molecular weight is 258 g/mol. The van der Waals surface area contributed by atoms with Gasteiger partial charge < -0.3 is 15.6 Å². The van der Waals surface area contributed by atoms with Gasteiger partial charge in [-0.3, -0.25) is 9.78 Å². The van der Waals surface area contributed by atoms with Crippen LogP contribution in [-0.4, -0.2) is 22.1 Å². The number of carboxylic acids is 1. The molecule has 0 spiro atoms. The summed E-state index contributed by atoms with van der Waals surface area (Å²) in [4.78, 5) is 14.6. The minimum absolute atomic E-state index is 0.296. The highest BCUT2D eigenvalue weighted by Gasteiger charge is 2.11. The van der Waals surface area contributed by atoms with E-state index in [1.54, 1.807) is 48.8 Å². The Bertz CT molecular complexity index is 540. The highest BCUT2D eigenvalue weighted by molar-refractivity contribution is 5.73. The number of aromatic nitrogens is 1. The van der Waals surface area contributed by atoms with Crippen molar-refractivity contribution < 1.29 is 14.6 Å². The molecule has 0 radical (unpaired) electrons. The number of hydrogen-bond donors (Lipinski definition) is 2. The zero-order valence-electron chi connectivity index (χ0n) is 10.2. The van der Waals surface area contributed by atoms with Crippen LogP contribution in [0.5, 0.6) is 11.5 Å². The van der Waals surface area contributed by atoms with E-state index in [2.05, 4.69) is 4.98 Å². The number of nitrogens with two attached hydrogens (primary N) is 1. The fourth-order valence-corrected chi connectivity index (χ4v) is 1.58. The Hall–Kier alpha value is -2.40. The van der Waals surface area contributed by atoms with E-state index in [1.807, 2.05) is 0 Å². The molecule has 0 saturated carbocycles. The van der Waals surface area contributed by atoms with Crippen molar-refractivity contribution in [1.29, 1.82) is 0 Å². The van der Waals surface area contributed by atoms with Gasteiger partial charge in [-0.2, -0.15) is 0 Å². The molecule has 0 amide bonds. The standard InChI is InChI=1S/C14H14N2O3/c15-13(14(17)18)9-10-1-3-11(4-2-10)19-12-5-7-16-8-6-12/h1-8,13H,9,15H2,(H,17,18). The Balaban J connectivity index is 2.01. The molecule has 2 aromatic rings. The van der Waals surface area contributed by atoms with Crippen LogP contribution >= 0.6 is 0 Å². The SMILES string of the molecule is NC(Cc1ccc(Oc2ccncc2)cc1)C(=O)O. The largest absolute Gasteiger partial charge is 0.480 e. The van der Waals surface area contributed by atoms with Gasteiger partial charge in [-0.15, -0.1) is 0 Å². The molecular formula is C14H14N2O3. The first kappa shape index (κ1) is 13.0. The minimum Gasteiger partial charge on any atom is -0.480 e.